The Bertz CT molecular complexity index is 602. The van der Waals surface area contributed by atoms with Gasteiger partial charge in [-0.3, -0.25) is 19.5 Å². The van der Waals surface area contributed by atoms with Gasteiger partial charge in [-0.1, -0.05) is 13.8 Å². The van der Waals surface area contributed by atoms with Crippen LogP contribution in [-0.2, 0) is 20.9 Å². The molecule has 1 rings (SSSR count). The van der Waals surface area contributed by atoms with Crippen molar-refractivity contribution in [3.63, 3.8) is 0 Å². The van der Waals surface area contributed by atoms with Crippen molar-refractivity contribution in [3.8, 4) is 0 Å². The molecule has 1 unspecified atom stereocenters. The number of rotatable bonds is 5. The number of aromatic amines is 1. The van der Waals surface area contributed by atoms with E-state index in [4.69, 9.17) is 0 Å². The van der Waals surface area contributed by atoms with Gasteiger partial charge in [-0.25, -0.2) is 9.48 Å². The van der Waals surface area contributed by atoms with Crippen molar-refractivity contribution < 1.29 is 14.3 Å². The van der Waals surface area contributed by atoms with E-state index in [9.17, 15) is 19.2 Å². The Kier molecular flexibility index (Phi) is 5.24. The van der Waals surface area contributed by atoms with Crippen molar-refractivity contribution in [1.82, 2.24) is 15.1 Å². The molecule has 110 valence electrons. The summed E-state index contributed by atoms with van der Waals surface area (Å²) in [4.78, 5) is 45.8. The van der Waals surface area contributed by atoms with Crippen molar-refractivity contribution in [1.29, 1.82) is 0 Å². The van der Waals surface area contributed by atoms with Gasteiger partial charge in [0.15, 0.2) is 0 Å². The van der Waals surface area contributed by atoms with Crippen LogP contribution in [0.4, 0.5) is 0 Å². The van der Waals surface area contributed by atoms with Crippen LogP contribution < -0.4 is 16.4 Å². The second-order valence-corrected chi connectivity index (χ2v) is 4.55. The van der Waals surface area contributed by atoms with Crippen molar-refractivity contribution in [2.24, 2.45) is 5.92 Å². The van der Waals surface area contributed by atoms with Gasteiger partial charge in [0.1, 0.15) is 12.6 Å². The fourth-order valence-corrected chi connectivity index (χ4v) is 1.57. The topological polar surface area (TPSA) is 110 Å². The Balaban J connectivity index is 2.81. The number of aromatic nitrogens is 2. The molecule has 0 radical (unpaired) electrons. The van der Waals surface area contributed by atoms with E-state index in [1.807, 2.05) is 0 Å². The molecule has 1 heterocycles. The predicted octanol–water partition coefficient (Wildman–Crippen LogP) is -1.15. The molecule has 0 aromatic carbocycles. The summed E-state index contributed by atoms with van der Waals surface area (Å²) in [7, 11) is 1.23. The highest BCUT2D eigenvalue weighted by Crippen LogP contribution is 2.03. The van der Waals surface area contributed by atoms with E-state index >= 15 is 0 Å². The highest BCUT2D eigenvalue weighted by Gasteiger charge is 2.24. The number of carbonyl (C=O) groups excluding carboxylic acids is 2. The van der Waals surface area contributed by atoms with Gasteiger partial charge >= 0.3 is 5.97 Å². The summed E-state index contributed by atoms with van der Waals surface area (Å²) >= 11 is 0. The molecule has 1 aromatic heterocycles. The Hall–Kier alpha value is -2.38. The molecule has 1 amide bonds. The Morgan fingerprint density at radius 2 is 2.00 bits per heavy atom. The van der Waals surface area contributed by atoms with Gasteiger partial charge in [-0.05, 0) is 5.92 Å². The van der Waals surface area contributed by atoms with Crippen molar-refractivity contribution in [2.75, 3.05) is 7.11 Å². The van der Waals surface area contributed by atoms with Crippen molar-refractivity contribution in [3.05, 3.63) is 32.8 Å². The van der Waals surface area contributed by atoms with Gasteiger partial charge in [-0.15, -0.1) is 0 Å². The number of carbonyl (C=O) groups is 2. The first-order chi connectivity index (χ1) is 9.35. The van der Waals surface area contributed by atoms with Crippen molar-refractivity contribution in [2.45, 2.75) is 26.4 Å². The van der Waals surface area contributed by atoms with Gasteiger partial charge in [0.2, 0.25) is 5.91 Å². The number of H-pyrrole nitrogens is 1. The largest absolute Gasteiger partial charge is 0.467 e. The van der Waals surface area contributed by atoms with E-state index < -0.39 is 29.0 Å². The molecule has 0 aliphatic heterocycles. The van der Waals surface area contributed by atoms with Gasteiger partial charge in [0, 0.05) is 12.1 Å². The molecule has 0 spiro atoms. The monoisotopic (exact) mass is 283 g/mol. The third-order valence-corrected chi connectivity index (χ3v) is 2.63. The number of hydrogen-bond acceptors (Lipinski definition) is 5. The van der Waals surface area contributed by atoms with E-state index in [1.54, 1.807) is 13.8 Å². The maximum Gasteiger partial charge on any atom is 0.328 e. The molecule has 0 bridgehead atoms. The van der Waals surface area contributed by atoms with Crippen LogP contribution in [0.15, 0.2) is 21.7 Å². The predicted molar refractivity (Wildman–Crippen MR) is 70.1 cm³/mol. The first-order valence-corrected chi connectivity index (χ1v) is 6.02. The summed E-state index contributed by atoms with van der Waals surface area (Å²) in [6.45, 7) is 3.12. The molecule has 0 aliphatic carbocycles. The van der Waals surface area contributed by atoms with Crippen LogP contribution in [0.3, 0.4) is 0 Å². The van der Waals surface area contributed by atoms with Gasteiger partial charge in [-0.2, -0.15) is 0 Å². The zero-order chi connectivity index (χ0) is 15.3. The molecule has 20 heavy (non-hydrogen) atoms. The zero-order valence-corrected chi connectivity index (χ0v) is 11.5. The zero-order valence-electron chi connectivity index (χ0n) is 11.5. The van der Waals surface area contributed by atoms with E-state index in [0.29, 0.717) is 0 Å². The highest BCUT2D eigenvalue weighted by atomic mass is 16.5. The molecule has 1 atom stereocenters. The SMILES string of the molecule is COC(=O)C(NC(=O)Cn1[nH]c(=O)ccc1=O)C(C)C. The minimum atomic E-state index is -0.807. The third-order valence-electron chi connectivity index (χ3n) is 2.63. The average molecular weight is 283 g/mol. The maximum absolute atomic E-state index is 11.8. The Labute approximate surface area is 114 Å². The van der Waals surface area contributed by atoms with E-state index in [0.717, 1.165) is 16.8 Å². The molecule has 1 aromatic rings. The van der Waals surface area contributed by atoms with Crippen LogP contribution in [0.5, 0.6) is 0 Å². The first-order valence-electron chi connectivity index (χ1n) is 6.02. The average Bonchev–Trinajstić information content (AvgIpc) is 2.39. The summed E-state index contributed by atoms with van der Waals surface area (Å²) in [6.07, 6.45) is 0. The second-order valence-electron chi connectivity index (χ2n) is 4.55. The van der Waals surface area contributed by atoms with E-state index in [2.05, 4.69) is 15.2 Å². The number of amides is 1. The minimum Gasteiger partial charge on any atom is -0.467 e. The number of nitrogens with zero attached hydrogens (tertiary/aromatic N) is 1. The van der Waals surface area contributed by atoms with Crippen LogP contribution >= 0.6 is 0 Å². The van der Waals surface area contributed by atoms with Crippen LogP contribution in [0.1, 0.15) is 13.8 Å². The number of hydrogen-bond donors (Lipinski definition) is 2. The van der Waals surface area contributed by atoms with E-state index in [1.165, 1.54) is 7.11 Å². The van der Waals surface area contributed by atoms with Crippen molar-refractivity contribution >= 4 is 11.9 Å². The smallest absolute Gasteiger partial charge is 0.328 e. The van der Waals surface area contributed by atoms with Crippen LogP contribution in [0, 0.1) is 5.92 Å². The quantitative estimate of drug-likeness (QED) is 0.663. The lowest BCUT2D eigenvalue weighted by Gasteiger charge is -2.19. The number of ether oxygens (including phenoxy) is 1. The van der Waals surface area contributed by atoms with Gasteiger partial charge in [0.25, 0.3) is 11.1 Å². The maximum atomic E-state index is 11.8. The summed E-state index contributed by atoms with van der Waals surface area (Å²) < 4.78 is 5.45. The number of methoxy groups -OCH3 is 1. The first kappa shape index (κ1) is 15.7. The second kappa shape index (κ2) is 6.69. The molecule has 0 saturated carbocycles. The number of nitrogens with one attached hydrogen (secondary N) is 2. The normalized spacial score (nSPS) is 12.0. The Morgan fingerprint density at radius 1 is 1.35 bits per heavy atom. The summed E-state index contributed by atoms with van der Waals surface area (Å²) in [5.74, 6) is -1.31. The fourth-order valence-electron chi connectivity index (χ4n) is 1.57. The van der Waals surface area contributed by atoms with Crippen LogP contribution in [-0.4, -0.2) is 34.8 Å². The van der Waals surface area contributed by atoms with Gasteiger partial charge in [0.05, 0.1) is 7.11 Å². The summed E-state index contributed by atoms with van der Waals surface area (Å²) in [6, 6.07) is 1.33. The Morgan fingerprint density at radius 3 is 2.55 bits per heavy atom. The molecule has 0 aliphatic rings. The third kappa shape index (κ3) is 4.08. The lowest BCUT2D eigenvalue weighted by atomic mass is 10.0. The molecule has 2 N–H and O–H groups in total. The minimum absolute atomic E-state index is 0.169. The lowest BCUT2D eigenvalue weighted by Crippen LogP contribution is -2.47. The van der Waals surface area contributed by atoms with Gasteiger partial charge < -0.3 is 10.1 Å². The highest BCUT2D eigenvalue weighted by molar-refractivity contribution is 5.84. The fraction of sp³-hybridized carbons (Fsp3) is 0.500. The van der Waals surface area contributed by atoms with E-state index in [-0.39, 0.29) is 12.5 Å². The summed E-state index contributed by atoms with van der Waals surface area (Å²) in [5.41, 5.74) is -1.01. The van der Waals surface area contributed by atoms with Crippen LogP contribution in [0.25, 0.3) is 0 Å². The van der Waals surface area contributed by atoms with Crippen LogP contribution in [0.2, 0.25) is 0 Å². The molecule has 8 nitrogen and oxygen atoms in total. The molecule has 8 heteroatoms. The molecule has 0 saturated heterocycles. The standard InChI is InChI=1S/C12H17N3O5/c1-7(2)11(12(19)20-3)13-9(17)6-15-10(18)5-4-8(16)14-15/h4-5,7,11H,6H2,1-3H3,(H,13,17)(H,14,16). The number of esters is 1. The molecular formula is C12H17N3O5. The summed E-state index contributed by atoms with van der Waals surface area (Å²) in [5, 5.41) is 4.69. The molecule has 0 fully saturated rings. The molecular weight excluding hydrogens is 266 g/mol. The lowest BCUT2D eigenvalue weighted by molar-refractivity contribution is -0.146.